The first-order valence-corrected chi connectivity index (χ1v) is 16.0. The first-order chi connectivity index (χ1) is 19.2. The molecule has 2 heterocycles. The van der Waals surface area contributed by atoms with E-state index in [0.717, 1.165) is 12.1 Å². The molecule has 2 aliphatic rings. The first kappa shape index (κ1) is 31.2. The van der Waals surface area contributed by atoms with Crippen molar-refractivity contribution in [3.8, 4) is 0 Å². The number of anilines is 1. The summed E-state index contributed by atoms with van der Waals surface area (Å²) in [5.74, 6) is -3.45. The van der Waals surface area contributed by atoms with E-state index in [1.807, 2.05) is 0 Å². The number of benzene rings is 2. The van der Waals surface area contributed by atoms with Gasteiger partial charge in [0.25, 0.3) is 5.91 Å². The summed E-state index contributed by atoms with van der Waals surface area (Å²) in [6.45, 7) is 4.64. The van der Waals surface area contributed by atoms with Crippen LogP contribution in [0.25, 0.3) is 6.08 Å². The smallest absolute Gasteiger partial charge is 0.471 e. The van der Waals surface area contributed by atoms with Crippen LogP contribution in [0.2, 0.25) is 0 Å². The minimum Gasteiger partial charge on any atom is -0.483 e. The zero-order chi connectivity index (χ0) is 30.1. The Morgan fingerprint density at radius 2 is 1.90 bits per heavy atom. The number of phosphoric ester groups is 1. The van der Waals surface area contributed by atoms with Crippen LogP contribution in [0.1, 0.15) is 37.9 Å². The maximum Gasteiger partial charge on any atom is 0.471 e. The number of hydrogen-bond acceptors (Lipinski definition) is 7. The third-order valence-electron chi connectivity index (χ3n) is 6.19. The summed E-state index contributed by atoms with van der Waals surface area (Å²) in [5.41, 5.74) is 1.39. The average Bonchev–Trinajstić information content (AvgIpc) is 2.87. The molecule has 0 aliphatic carbocycles. The van der Waals surface area contributed by atoms with Crippen molar-refractivity contribution < 1.29 is 46.7 Å². The van der Waals surface area contributed by atoms with E-state index in [0.29, 0.717) is 11.3 Å². The van der Waals surface area contributed by atoms with Gasteiger partial charge in [-0.05, 0) is 62.2 Å². The molecule has 0 saturated carbocycles. The van der Waals surface area contributed by atoms with Crippen LogP contribution in [0.15, 0.2) is 54.1 Å². The number of halogens is 4. The van der Waals surface area contributed by atoms with Crippen LogP contribution >= 0.6 is 28.8 Å². The van der Waals surface area contributed by atoms with Crippen LogP contribution in [-0.2, 0) is 18.6 Å². The van der Waals surface area contributed by atoms with E-state index in [9.17, 15) is 23.2 Å². The molecule has 0 unspecified atom stereocenters. The lowest BCUT2D eigenvalue weighted by atomic mass is 9.98. The first-order valence-electron chi connectivity index (χ1n) is 12.3. The van der Waals surface area contributed by atoms with Gasteiger partial charge in [0, 0.05) is 32.9 Å². The molecule has 0 aromatic heterocycles. The van der Waals surface area contributed by atoms with E-state index in [1.165, 1.54) is 36.1 Å². The summed E-state index contributed by atoms with van der Waals surface area (Å²) >= 11 is -0.916. The molecule has 1 amide bonds. The third-order valence-corrected chi connectivity index (χ3v) is 9.21. The van der Waals surface area contributed by atoms with Crippen molar-refractivity contribution >= 4 is 50.6 Å². The van der Waals surface area contributed by atoms with Crippen LogP contribution in [0.4, 0.5) is 18.9 Å². The van der Waals surface area contributed by atoms with Gasteiger partial charge in [-0.25, -0.2) is 17.7 Å². The highest BCUT2D eigenvalue weighted by molar-refractivity contribution is 14.2. The normalized spacial score (nSPS) is 20.5. The molecule has 4 rings (SSSR count). The lowest BCUT2D eigenvalue weighted by Gasteiger charge is -2.39. The number of carbonyl (C=O) groups excluding carboxylic acids is 1. The Labute approximate surface area is 244 Å². The van der Waals surface area contributed by atoms with Gasteiger partial charge in [-0.1, -0.05) is 12.1 Å². The fourth-order valence-corrected chi connectivity index (χ4v) is 6.76. The van der Waals surface area contributed by atoms with Crippen LogP contribution in [0.5, 0.6) is 0 Å². The lowest BCUT2D eigenvalue weighted by molar-refractivity contribution is -0.145. The number of hydrogen-bond donors (Lipinski definition) is 3. The molecule has 0 spiro atoms. The SMILES string of the molecule is CC1=CN(c2ccc(/C=C3\O[C@@H](C)CN([C@H](c4ccc(F)c(F)c4)[C@@H](C)O)C3=O)cc2F)C=IN1COP(=O)(O)O. The van der Waals surface area contributed by atoms with Crippen LogP contribution in [0.3, 0.4) is 0 Å². The van der Waals surface area contributed by atoms with Crippen LogP contribution in [0, 0.1) is 17.5 Å². The molecule has 3 N–H and O–H groups in total. The largest absolute Gasteiger partial charge is 0.483 e. The molecule has 1 saturated heterocycles. The molecule has 0 radical (unpaired) electrons. The molecule has 3 atom stereocenters. The van der Waals surface area contributed by atoms with Gasteiger partial charge in [-0.2, -0.15) is 0 Å². The van der Waals surface area contributed by atoms with Gasteiger partial charge in [-0.3, -0.25) is 12.4 Å². The maximum absolute atomic E-state index is 15.2. The maximum atomic E-state index is 15.2. The second-order valence-electron chi connectivity index (χ2n) is 9.45. The van der Waals surface area contributed by atoms with Crippen molar-refractivity contribution in [2.24, 2.45) is 0 Å². The highest BCUT2D eigenvalue weighted by Crippen LogP contribution is 2.38. The molecule has 222 valence electrons. The Morgan fingerprint density at radius 3 is 2.51 bits per heavy atom. The summed E-state index contributed by atoms with van der Waals surface area (Å²) in [7, 11) is -4.63. The molecule has 2 aliphatic heterocycles. The Kier molecular flexibility index (Phi) is 9.61. The summed E-state index contributed by atoms with van der Waals surface area (Å²) in [4.78, 5) is 34.1. The van der Waals surface area contributed by atoms with E-state index in [-0.39, 0.29) is 30.3 Å². The molecule has 41 heavy (non-hydrogen) atoms. The predicted octanol–water partition coefficient (Wildman–Crippen LogP) is 4.51. The fourth-order valence-electron chi connectivity index (χ4n) is 4.38. The number of ether oxygens (including phenoxy) is 1. The second-order valence-corrected chi connectivity index (χ2v) is 13.0. The molecule has 2 aromatic carbocycles. The number of aliphatic hydroxyl groups is 1. The Morgan fingerprint density at radius 1 is 1.17 bits per heavy atom. The summed E-state index contributed by atoms with van der Waals surface area (Å²) in [6, 6.07) is 6.53. The van der Waals surface area contributed by atoms with E-state index < -0.39 is 70.4 Å². The molecule has 1 fully saturated rings. The van der Waals surface area contributed by atoms with Gasteiger partial charge in [0.15, 0.2) is 17.4 Å². The number of rotatable bonds is 8. The topological polar surface area (TPSA) is 123 Å². The number of morpholine rings is 1. The number of phosphoric acid groups is 1. The quantitative estimate of drug-likeness (QED) is 0.157. The molecule has 10 nitrogen and oxygen atoms in total. The van der Waals surface area contributed by atoms with Crippen molar-refractivity contribution in [3.63, 3.8) is 0 Å². The standard InChI is InChI=1S/C26H28F3IN3O7P/c1-15-11-31(13-30-33(15)14-39-41(36,37)38)23-7-4-18(8-22(23)29)9-24-26(35)32(12-16(2)40-24)25(17(3)34)19-5-6-20(27)21(28)10-19/h4-11,13,16-17,25,34H,12,14H2,1-3H3,(H2,36,37,38)/b24-9-/t16-,17+,25-/m0/s1. The zero-order valence-electron chi connectivity index (χ0n) is 22.1. The van der Waals surface area contributed by atoms with E-state index in [4.69, 9.17) is 14.5 Å². The number of allylic oxidation sites excluding steroid dienone is 1. The predicted molar refractivity (Wildman–Crippen MR) is 154 cm³/mol. The third kappa shape index (κ3) is 7.56. The second kappa shape index (κ2) is 12.6. The summed E-state index contributed by atoms with van der Waals surface area (Å²) in [5, 5.41) is 10.5. The lowest BCUT2D eigenvalue weighted by Crippen LogP contribution is -2.48. The minimum absolute atomic E-state index is 0.0772. The van der Waals surface area contributed by atoms with Crippen molar-refractivity contribution in [2.75, 3.05) is 18.2 Å². The number of amides is 1. The van der Waals surface area contributed by atoms with Crippen LogP contribution in [-0.4, -0.2) is 58.4 Å². The number of carbonyl (C=O) groups is 1. The number of nitrogens with zero attached hydrogens (tertiary/aromatic N) is 3. The van der Waals surface area contributed by atoms with Gasteiger partial charge in [0.2, 0.25) is 0 Å². The van der Waals surface area contributed by atoms with Gasteiger partial charge >= 0.3 is 7.82 Å². The highest BCUT2D eigenvalue weighted by Gasteiger charge is 2.37. The van der Waals surface area contributed by atoms with Gasteiger partial charge in [0.05, 0.1) is 28.5 Å². The van der Waals surface area contributed by atoms with Gasteiger partial charge < -0.3 is 29.4 Å². The van der Waals surface area contributed by atoms with Crippen molar-refractivity contribution in [2.45, 2.75) is 39.0 Å². The molecular weight excluding hydrogens is 681 g/mol. The average molecular weight is 709 g/mol. The van der Waals surface area contributed by atoms with Gasteiger partial charge in [0.1, 0.15) is 18.7 Å². The Balaban J connectivity index is 1.56. The zero-order valence-corrected chi connectivity index (χ0v) is 25.2. The minimum atomic E-state index is -4.63. The summed E-state index contributed by atoms with van der Waals surface area (Å²) < 4.78 is 67.3. The van der Waals surface area contributed by atoms with Crippen molar-refractivity contribution in [1.29, 1.82) is 0 Å². The number of aliphatic hydroxyl groups excluding tert-OH is 1. The molecule has 15 heteroatoms. The van der Waals surface area contributed by atoms with E-state index in [2.05, 4.69) is 4.52 Å². The molecule has 0 bridgehead atoms. The fraction of sp³-hybridized carbons (Fsp3) is 0.308. The van der Waals surface area contributed by atoms with Crippen molar-refractivity contribution in [3.05, 3.63) is 82.6 Å². The van der Waals surface area contributed by atoms with E-state index >= 15 is 4.39 Å². The monoisotopic (exact) mass is 709 g/mol. The van der Waals surface area contributed by atoms with E-state index in [1.54, 1.807) is 38.3 Å². The molecule has 2 aromatic rings. The Hall–Kier alpha value is -2.75. The Bertz CT molecular complexity index is 1470. The molecular formula is C26H28F3IN3O7P. The van der Waals surface area contributed by atoms with Crippen LogP contribution < -0.4 is 4.90 Å². The van der Waals surface area contributed by atoms with Crippen molar-refractivity contribution in [1.82, 2.24) is 8.01 Å². The highest BCUT2D eigenvalue weighted by atomic mass is 127. The summed E-state index contributed by atoms with van der Waals surface area (Å²) in [6.07, 6.45) is 1.35. The van der Waals surface area contributed by atoms with Gasteiger partial charge in [-0.15, -0.1) is 0 Å².